The van der Waals surface area contributed by atoms with Gasteiger partial charge in [0.25, 0.3) is 10.3 Å². The van der Waals surface area contributed by atoms with Crippen molar-refractivity contribution >= 4 is 15.4 Å². The van der Waals surface area contributed by atoms with E-state index in [2.05, 4.69) is 0 Å². The van der Waals surface area contributed by atoms with E-state index in [1.165, 1.54) is 12.1 Å². The molecule has 0 unspecified atom stereocenters. The van der Waals surface area contributed by atoms with E-state index in [0.717, 1.165) is 0 Å². The SMILES string of the molecule is O=S(=O)=C(F)c1ccccc1. The highest BCUT2D eigenvalue weighted by Crippen LogP contribution is 1.99. The van der Waals surface area contributed by atoms with E-state index >= 15 is 0 Å². The summed E-state index contributed by atoms with van der Waals surface area (Å²) in [4.78, 5) is 0. The molecule has 2 nitrogen and oxygen atoms in total. The molecular formula is C7H5FO2S. The van der Waals surface area contributed by atoms with Crippen molar-refractivity contribution < 1.29 is 12.8 Å². The first-order valence-corrected chi connectivity index (χ1v) is 3.96. The van der Waals surface area contributed by atoms with Crippen molar-refractivity contribution in [1.29, 1.82) is 0 Å². The largest absolute Gasteiger partial charge is 0.251 e. The minimum atomic E-state index is -2.76. The van der Waals surface area contributed by atoms with E-state index in [-0.39, 0.29) is 5.56 Å². The Balaban J connectivity index is 3.26. The van der Waals surface area contributed by atoms with Crippen LogP contribution in [0.4, 0.5) is 4.39 Å². The number of hydrogen-bond donors (Lipinski definition) is 0. The highest BCUT2D eigenvalue weighted by Gasteiger charge is 2.00. The van der Waals surface area contributed by atoms with Gasteiger partial charge in [0.2, 0.25) is 5.12 Å². The Bertz CT molecular complexity index is 359. The van der Waals surface area contributed by atoms with Crippen molar-refractivity contribution in [1.82, 2.24) is 0 Å². The Kier molecular flexibility index (Phi) is 2.38. The van der Waals surface area contributed by atoms with Crippen LogP contribution in [-0.4, -0.2) is 13.5 Å². The van der Waals surface area contributed by atoms with E-state index in [1.54, 1.807) is 18.2 Å². The fourth-order valence-corrected chi connectivity index (χ4v) is 0.994. The number of hydrogen-bond acceptors (Lipinski definition) is 2. The third-order valence-electron chi connectivity index (χ3n) is 1.15. The van der Waals surface area contributed by atoms with Crippen LogP contribution in [0.2, 0.25) is 0 Å². The third kappa shape index (κ3) is 1.88. The maximum Gasteiger partial charge on any atom is 0.251 e. The summed E-state index contributed by atoms with van der Waals surface area (Å²) in [5, 5.41) is -1.12. The molecule has 11 heavy (non-hydrogen) atoms. The standard InChI is InChI=1S/C7H5FO2S/c8-7(11(9)10)6-4-2-1-3-5-6/h1-5H. The highest BCUT2D eigenvalue weighted by atomic mass is 32.2. The normalized spacial score (nSPS) is 9.18. The van der Waals surface area contributed by atoms with Gasteiger partial charge in [0.15, 0.2) is 0 Å². The summed E-state index contributed by atoms with van der Waals surface area (Å²) in [6.45, 7) is 0. The number of halogens is 1. The van der Waals surface area contributed by atoms with Gasteiger partial charge in [0, 0.05) is 5.56 Å². The summed E-state index contributed by atoms with van der Waals surface area (Å²) in [5.74, 6) is 0. The zero-order valence-electron chi connectivity index (χ0n) is 5.49. The van der Waals surface area contributed by atoms with E-state index in [9.17, 15) is 12.8 Å². The monoisotopic (exact) mass is 172 g/mol. The molecule has 1 rings (SSSR count). The Labute approximate surface area is 64.8 Å². The lowest BCUT2D eigenvalue weighted by atomic mass is 10.2. The number of benzene rings is 1. The topological polar surface area (TPSA) is 34.1 Å². The van der Waals surface area contributed by atoms with Crippen molar-refractivity contribution in [2.75, 3.05) is 0 Å². The third-order valence-corrected chi connectivity index (χ3v) is 1.68. The van der Waals surface area contributed by atoms with Gasteiger partial charge in [-0.1, -0.05) is 30.3 Å². The fourth-order valence-electron chi connectivity index (χ4n) is 0.665. The molecule has 0 aliphatic heterocycles. The minimum Gasteiger partial charge on any atom is -0.188 e. The van der Waals surface area contributed by atoms with Crippen LogP contribution >= 0.6 is 0 Å². The Hall–Kier alpha value is -1.16. The molecule has 0 aliphatic carbocycles. The van der Waals surface area contributed by atoms with Gasteiger partial charge in [-0.05, 0) is 0 Å². The van der Waals surface area contributed by atoms with Crippen LogP contribution in [0.1, 0.15) is 5.56 Å². The highest BCUT2D eigenvalue weighted by molar-refractivity contribution is 7.73. The van der Waals surface area contributed by atoms with Crippen LogP contribution < -0.4 is 0 Å². The van der Waals surface area contributed by atoms with Crippen molar-refractivity contribution in [3.05, 3.63) is 35.9 Å². The molecular weight excluding hydrogens is 167 g/mol. The molecule has 0 aromatic heterocycles. The predicted octanol–water partition coefficient (Wildman–Crippen LogP) is 1.01. The lowest BCUT2D eigenvalue weighted by Crippen LogP contribution is -1.91. The first-order valence-electron chi connectivity index (χ1n) is 2.89. The second kappa shape index (κ2) is 3.30. The molecule has 0 radical (unpaired) electrons. The predicted molar refractivity (Wildman–Crippen MR) is 40.6 cm³/mol. The molecule has 1 aromatic carbocycles. The van der Waals surface area contributed by atoms with Gasteiger partial charge in [-0.25, -0.2) is 0 Å². The summed E-state index contributed by atoms with van der Waals surface area (Å²) in [5.41, 5.74) is 0.0841. The van der Waals surface area contributed by atoms with Crippen LogP contribution in [-0.2, 0) is 10.3 Å². The van der Waals surface area contributed by atoms with Crippen molar-refractivity contribution in [2.24, 2.45) is 0 Å². The van der Waals surface area contributed by atoms with Gasteiger partial charge < -0.3 is 0 Å². The van der Waals surface area contributed by atoms with Gasteiger partial charge in [0.1, 0.15) is 0 Å². The van der Waals surface area contributed by atoms with Crippen LogP contribution in [0.5, 0.6) is 0 Å². The lowest BCUT2D eigenvalue weighted by molar-refractivity contribution is 0.624. The van der Waals surface area contributed by atoms with E-state index in [0.29, 0.717) is 0 Å². The van der Waals surface area contributed by atoms with Gasteiger partial charge in [0.05, 0.1) is 0 Å². The van der Waals surface area contributed by atoms with E-state index in [4.69, 9.17) is 0 Å². The second-order valence-electron chi connectivity index (χ2n) is 1.87. The molecule has 0 N–H and O–H groups in total. The summed E-state index contributed by atoms with van der Waals surface area (Å²) < 4.78 is 32.7. The molecule has 0 heterocycles. The summed E-state index contributed by atoms with van der Waals surface area (Å²) in [7, 11) is -2.76. The van der Waals surface area contributed by atoms with Crippen LogP contribution in [0.3, 0.4) is 0 Å². The Morgan fingerprint density at radius 1 is 1.18 bits per heavy atom. The Morgan fingerprint density at radius 2 is 1.73 bits per heavy atom. The molecule has 4 heteroatoms. The first kappa shape index (κ1) is 7.94. The molecule has 0 bridgehead atoms. The number of rotatable bonds is 1. The van der Waals surface area contributed by atoms with Crippen molar-refractivity contribution in [2.45, 2.75) is 0 Å². The molecule has 0 amide bonds. The van der Waals surface area contributed by atoms with E-state index in [1.807, 2.05) is 0 Å². The summed E-state index contributed by atoms with van der Waals surface area (Å²) >= 11 is 0. The second-order valence-corrected chi connectivity index (χ2v) is 2.70. The first-order chi connectivity index (χ1) is 5.22. The van der Waals surface area contributed by atoms with Gasteiger partial charge >= 0.3 is 0 Å². The quantitative estimate of drug-likeness (QED) is 0.468. The van der Waals surface area contributed by atoms with Crippen LogP contribution in [0.15, 0.2) is 30.3 Å². The maximum atomic E-state index is 12.6. The molecule has 0 aliphatic rings. The molecule has 1 aromatic rings. The minimum absolute atomic E-state index is 0.0841. The fraction of sp³-hybridized carbons (Fsp3) is 0. The molecule has 0 fully saturated rings. The van der Waals surface area contributed by atoms with Crippen molar-refractivity contribution in [3.63, 3.8) is 0 Å². The molecule has 0 saturated heterocycles. The van der Waals surface area contributed by atoms with Gasteiger partial charge in [-0.15, -0.1) is 0 Å². The smallest absolute Gasteiger partial charge is 0.188 e. The maximum absolute atomic E-state index is 12.6. The molecule has 0 atom stereocenters. The Morgan fingerprint density at radius 3 is 2.18 bits per heavy atom. The summed E-state index contributed by atoms with van der Waals surface area (Å²) in [6, 6.07) is 7.62. The zero-order chi connectivity index (χ0) is 8.27. The summed E-state index contributed by atoms with van der Waals surface area (Å²) in [6.07, 6.45) is 0. The molecule has 58 valence electrons. The van der Waals surface area contributed by atoms with Crippen LogP contribution in [0.25, 0.3) is 0 Å². The van der Waals surface area contributed by atoms with Gasteiger partial charge in [-0.2, -0.15) is 12.8 Å². The average molecular weight is 172 g/mol. The average Bonchev–Trinajstić information content (AvgIpc) is 2.05. The molecule has 0 spiro atoms. The van der Waals surface area contributed by atoms with Crippen LogP contribution in [0, 0.1) is 0 Å². The van der Waals surface area contributed by atoms with Crippen molar-refractivity contribution in [3.8, 4) is 0 Å². The van der Waals surface area contributed by atoms with Gasteiger partial charge in [-0.3, -0.25) is 0 Å². The molecule has 0 saturated carbocycles. The van der Waals surface area contributed by atoms with E-state index < -0.39 is 15.4 Å². The lowest BCUT2D eigenvalue weighted by Gasteiger charge is -1.88. The zero-order valence-corrected chi connectivity index (χ0v) is 6.31.